The molecule has 0 heterocycles. The summed E-state index contributed by atoms with van der Waals surface area (Å²) < 4.78 is 0. The number of benzene rings is 1. The molecule has 0 aliphatic heterocycles. The average molecular weight is 246 g/mol. The van der Waals surface area contributed by atoms with E-state index >= 15 is 0 Å². The van der Waals surface area contributed by atoms with Gasteiger partial charge in [-0.25, -0.2) is 0 Å². The Balaban J connectivity index is 0.000000180. The Hall–Kier alpha value is -1.54. The summed E-state index contributed by atoms with van der Waals surface area (Å²) in [5, 5.41) is 18.5. The highest BCUT2D eigenvalue weighted by Gasteiger charge is 2.16. The predicted octanol–water partition coefficient (Wildman–Crippen LogP) is 3.65. The Morgan fingerprint density at radius 1 is 1.17 bits per heavy atom. The minimum atomic E-state index is -0.598. The standard InChI is InChI=1S/C8H12O.C8H10O/c1-7-3-5-8(2,9)6-4-7;1-6-3-4-7(2)8(9)5-6/h3-5,9H,6H2,1-2H3;3-5,9H,1-2H3. The van der Waals surface area contributed by atoms with Crippen LogP contribution in [0.2, 0.25) is 0 Å². The second-order valence-corrected chi connectivity index (χ2v) is 5.13. The van der Waals surface area contributed by atoms with E-state index in [-0.39, 0.29) is 0 Å². The van der Waals surface area contributed by atoms with Crippen LogP contribution in [0.4, 0.5) is 0 Å². The van der Waals surface area contributed by atoms with Gasteiger partial charge < -0.3 is 10.2 Å². The molecule has 0 radical (unpaired) electrons. The Kier molecular flexibility index (Phi) is 4.74. The van der Waals surface area contributed by atoms with Crippen LogP contribution in [0.1, 0.15) is 31.4 Å². The molecule has 1 aromatic rings. The second-order valence-electron chi connectivity index (χ2n) is 5.13. The number of aromatic hydroxyl groups is 1. The molecule has 1 aliphatic rings. The summed E-state index contributed by atoms with van der Waals surface area (Å²) in [5.74, 6) is 0.384. The lowest BCUT2D eigenvalue weighted by atomic mass is 9.95. The first-order valence-electron chi connectivity index (χ1n) is 6.15. The number of rotatable bonds is 0. The van der Waals surface area contributed by atoms with Gasteiger partial charge in [-0.15, -0.1) is 0 Å². The van der Waals surface area contributed by atoms with Crippen LogP contribution in [-0.4, -0.2) is 15.8 Å². The largest absolute Gasteiger partial charge is 0.508 e. The molecular weight excluding hydrogens is 224 g/mol. The summed E-state index contributed by atoms with van der Waals surface area (Å²) in [6.07, 6.45) is 6.57. The van der Waals surface area contributed by atoms with Gasteiger partial charge in [0.15, 0.2) is 0 Å². The molecule has 0 aromatic heterocycles. The molecule has 2 heteroatoms. The fourth-order valence-electron chi connectivity index (χ4n) is 1.53. The quantitative estimate of drug-likeness (QED) is 0.733. The first-order valence-corrected chi connectivity index (χ1v) is 6.15. The smallest absolute Gasteiger partial charge is 0.118 e. The third kappa shape index (κ3) is 4.76. The van der Waals surface area contributed by atoms with E-state index in [4.69, 9.17) is 5.11 Å². The van der Waals surface area contributed by atoms with E-state index in [9.17, 15) is 5.11 Å². The minimum absolute atomic E-state index is 0.384. The predicted molar refractivity (Wildman–Crippen MR) is 75.7 cm³/mol. The van der Waals surface area contributed by atoms with Gasteiger partial charge in [0.2, 0.25) is 0 Å². The van der Waals surface area contributed by atoms with Crippen molar-refractivity contribution >= 4 is 0 Å². The highest BCUT2D eigenvalue weighted by atomic mass is 16.3. The third-order valence-electron chi connectivity index (χ3n) is 2.91. The fourth-order valence-corrected chi connectivity index (χ4v) is 1.53. The van der Waals surface area contributed by atoms with Crippen LogP contribution in [0, 0.1) is 13.8 Å². The molecule has 2 rings (SSSR count). The van der Waals surface area contributed by atoms with Crippen LogP contribution in [-0.2, 0) is 0 Å². The van der Waals surface area contributed by atoms with Gasteiger partial charge in [-0.2, -0.15) is 0 Å². The normalized spacial score (nSPS) is 21.9. The highest BCUT2D eigenvalue weighted by molar-refractivity contribution is 5.34. The van der Waals surface area contributed by atoms with Gasteiger partial charge in [0.1, 0.15) is 5.75 Å². The van der Waals surface area contributed by atoms with Crippen molar-refractivity contribution < 1.29 is 10.2 Å². The summed E-state index contributed by atoms with van der Waals surface area (Å²) in [5.41, 5.74) is 2.67. The molecule has 0 saturated heterocycles. The van der Waals surface area contributed by atoms with E-state index in [0.29, 0.717) is 5.75 Å². The topological polar surface area (TPSA) is 40.5 Å². The van der Waals surface area contributed by atoms with Crippen molar-refractivity contribution in [1.29, 1.82) is 0 Å². The SMILES string of the molecule is CC1=CCC(C)(O)C=C1.Cc1ccc(C)c(O)c1. The maximum Gasteiger partial charge on any atom is 0.118 e. The van der Waals surface area contributed by atoms with Crippen LogP contribution in [0.25, 0.3) is 0 Å². The van der Waals surface area contributed by atoms with Crippen molar-refractivity contribution in [2.45, 2.75) is 39.7 Å². The summed E-state index contributed by atoms with van der Waals surface area (Å²) in [4.78, 5) is 0. The number of phenolic OH excluding ortho intramolecular Hbond substituents is 1. The van der Waals surface area contributed by atoms with Crippen LogP contribution in [0.5, 0.6) is 5.75 Å². The molecule has 2 nitrogen and oxygen atoms in total. The van der Waals surface area contributed by atoms with Gasteiger partial charge >= 0.3 is 0 Å². The van der Waals surface area contributed by atoms with Gasteiger partial charge in [0.05, 0.1) is 5.60 Å². The zero-order chi connectivity index (χ0) is 13.8. The molecule has 1 atom stereocenters. The van der Waals surface area contributed by atoms with Crippen LogP contribution in [0.3, 0.4) is 0 Å². The van der Waals surface area contributed by atoms with Gasteiger partial charge in [-0.1, -0.05) is 35.9 Å². The van der Waals surface area contributed by atoms with Crippen molar-refractivity contribution in [3.63, 3.8) is 0 Å². The second kappa shape index (κ2) is 5.87. The maximum absolute atomic E-state index is 9.36. The molecule has 18 heavy (non-hydrogen) atoms. The van der Waals surface area contributed by atoms with Crippen LogP contribution in [0.15, 0.2) is 42.0 Å². The molecule has 1 aliphatic carbocycles. The molecule has 98 valence electrons. The van der Waals surface area contributed by atoms with Gasteiger partial charge in [0.25, 0.3) is 0 Å². The third-order valence-corrected chi connectivity index (χ3v) is 2.91. The van der Waals surface area contributed by atoms with E-state index in [1.165, 1.54) is 5.57 Å². The zero-order valence-corrected chi connectivity index (χ0v) is 11.6. The lowest BCUT2D eigenvalue weighted by Crippen LogP contribution is -2.21. The number of hydrogen-bond acceptors (Lipinski definition) is 2. The molecular formula is C16H22O2. The molecule has 1 unspecified atom stereocenters. The molecule has 0 amide bonds. The molecule has 0 bridgehead atoms. The zero-order valence-electron chi connectivity index (χ0n) is 11.6. The molecule has 1 aromatic carbocycles. The van der Waals surface area contributed by atoms with Gasteiger partial charge in [-0.3, -0.25) is 0 Å². The summed E-state index contributed by atoms with van der Waals surface area (Å²) in [7, 11) is 0. The summed E-state index contributed by atoms with van der Waals surface area (Å²) >= 11 is 0. The Morgan fingerprint density at radius 3 is 2.22 bits per heavy atom. The summed E-state index contributed by atoms with van der Waals surface area (Å²) in [6.45, 7) is 7.69. The van der Waals surface area contributed by atoms with E-state index in [0.717, 1.165) is 17.5 Å². The van der Waals surface area contributed by atoms with Gasteiger partial charge in [-0.05, 0) is 51.3 Å². The van der Waals surface area contributed by atoms with Crippen molar-refractivity contribution in [3.05, 3.63) is 53.1 Å². The average Bonchev–Trinajstić information content (AvgIpc) is 2.29. The van der Waals surface area contributed by atoms with Crippen LogP contribution >= 0.6 is 0 Å². The summed E-state index contributed by atoms with van der Waals surface area (Å²) in [6, 6.07) is 5.65. The minimum Gasteiger partial charge on any atom is -0.508 e. The fraction of sp³-hybridized carbons (Fsp3) is 0.375. The number of aliphatic hydroxyl groups is 1. The lowest BCUT2D eigenvalue weighted by molar-refractivity contribution is 0.113. The van der Waals surface area contributed by atoms with Crippen molar-refractivity contribution in [2.24, 2.45) is 0 Å². The Labute approximate surface area is 109 Å². The maximum atomic E-state index is 9.36. The number of hydrogen-bond donors (Lipinski definition) is 2. The monoisotopic (exact) mass is 246 g/mol. The first-order chi connectivity index (χ1) is 8.30. The lowest BCUT2D eigenvalue weighted by Gasteiger charge is -2.19. The number of aryl methyl sites for hydroxylation is 2. The van der Waals surface area contributed by atoms with E-state index in [2.05, 4.69) is 0 Å². The van der Waals surface area contributed by atoms with E-state index < -0.39 is 5.60 Å². The van der Waals surface area contributed by atoms with E-state index in [1.807, 2.05) is 58.1 Å². The molecule has 2 N–H and O–H groups in total. The Bertz CT molecular complexity index is 468. The number of phenols is 1. The number of allylic oxidation sites excluding steroid dienone is 2. The first kappa shape index (κ1) is 14.5. The van der Waals surface area contributed by atoms with Crippen molar-refractivity contribution in [1.82, 2.24) is 0 Å². The van der Waals surface area contributed by atoms with Crippen LogP contribution < -0.4 is 0 Å². The highest BCUT2D eigenvalue weighted by Crippen LogP contribution is 2.19. The molecule has 0 fully saturated rings. The molecule has 0 spiro atoms. The van der Waals surface area contributed by atoms with E-state index in [1.54, 1.807) is 6.07 Å². The van der Waals surface area contributed by atoms with Gasteiger partial charge in [0, 0.05) is 0 Å². The Morgan fingerprint density at radius 2 is 1.83 bits per heavy atom. The van der Waals surface area contributed by atoms with Crippen molar-refractivity contribution in [2.75, 3.05) is 0 Å². The van der Waals surface area contributed by atoms with Crippen molar-refractivity contribution in [3.8, 4) is 5.75 Å². The molecule has 0 saturated carbocycles.